The van der Waals surface area contributed by atoms with E-state index in [9.17, 15) is 4.79 Å². The molecule has 6 nitrogen and oxygen atoms in total. The number of carbonyl (C=O) groups excluding carboxylic acids is 1. The molecule has 0 fully saturated rings. The highest BCUT2D eigenvalue weighted by Gasteiger charge is 2.05. The second-order valence-electron chi connectivity index (χ2n) is 4.62. The van der Waals surface area contributed by atoms with Crippen LogP contribution in [0.1, 0.15) is 6.92 Å². The van der Waals surface area contributed by atoms with Crippen molar-refractivity contribution in [2.24, 2.45) is 0 Å². The molecule has 2 N–H and O–H groups in total. The Kier molecular flexibility index (Phi) is 5.68. The predicted molar refractivity (Wildman–Crippen MR) is 89.9 cm³/mol. The Labute approximate surface area is 135 Å². The average Bonchev–Trinajstić information content (AvgIpc) is 2.56. The third-order valence-electron chi connectivity index (χ3n) is 3.08. The Morgan fingerprint density at radius 3 is 2.13 bits per heavy atom. The third-order valence-corrected chi connectivity index (χ3v) is 3.08. The molecule has 23 heavy (non-hydrogen) atoms. The third kappa shape index (κ3) is 4.54. The van der Waals surface area contributed by atoms with E-state index in [2.05, 4.69) is 10.6 Å². The van der Waals surface area contributed by atoms with Crippen molar-refractivity contribution in [3.05, 3.63) is 42.5 Å². The Morgan fingerprint density at radius 1 is 0.913 bits per heavy atom. The number of nitrogens with one attached hydrogen (secondary N) is 2. The van der Waals surface area contributed by atoms with Gasteiger partial charge in [0.05, 0.1) is 20.8 Å². The van der Waals surface area contributed by atoms with Crippen LogP contribution in [0.3, 0.4) is 0 Å². The predicted octanol–water partition coefficient (Wildman–Crippen LogP) is 4.02. The van der Waals surface area contributed by atoms with E-state index in [-0.39, 0.29) is 0 Å². The van der Waals surface area contributed by atoms with Crippen molar-refractivity contribution in [3.63, 3.8) is 0 Å². The normalized spacial score (nSPS) is 9.87. The highest BCUT2D eigenvalue weighted by atomic mass is 16.5. The van der Waals surface area contributed by atoms with Crippen molar-refractivity contribution >= 4 is 23.2 Å². The zero-order valence-electron chi connectivity index (χ0n) is 13.4. The van der Waals surface area contributed by atoms with Crippen molar-refractivity contribution in [2.45, 2.75) is 6.92 Å². The molecule has 0 saturated carbocycles. The van der Waals surface area contributed by atoms with E-state index < -0.39 is 6.09 Å². The van der Waals surface area contributed by atoms with Crippen LogP contribution in [0.25, 0.3) is 0 Å². The second-order valence-corrected chi connectivity index (χ2v) is 4.62. The van der Waals surface area contributed by atoms with Crippen molar-refractivity contribution < 1.29 is 19.0 Å². The van der Waals surface area contributed by atoms with Gasteiger partial charge in [0.25, 0.3) is 0 Å². The van der Waals surface area contributed by atoms with Crippen molar-refractivity contribution in [3.8, 4) is 11.5 Å². The van der Waals surface area contributed by atoms with Gasteiger partial charge in [-0.3, -0.25) is 5.32 Å². The van der Waals surface area contributed by atoms with Gasteiger partial charge in [0.2, 0.25) is 0 Å². The summed E-state index contributed by atoms with van der Waals surface area (Å²) in [4.78, 5) is 11.3. The highest BCUT2D eigenvalue weighted by Crippen LogP contribution is 2.31. The highest BCUT2D eigenvalue weighted by molar-refractivity contribution is 5.85. The van der Waals surface area contributed by atoms with E-state index >= 15 is 0 Å². The first-order chi connectivity index (χ1) is 11.2. The van der Waals surface area contributed by atoms with Crippen molar-refractivity contribution in [1.29, 1.82) is 0 Å². The topological polar surface area (TPSA) is 68.8 Å². The molecule has 2 aromatic carbocycles. The summed E-state index contributed by atoms with van der Waals surface area (Å²) < 4.78 is 15.3. The van der Waals surface area contributed by atoms with Crippen LogP contribution in [0.4, 0.5) is 21.9 Å². The fourth-order valence-electron chi connectivity index (χ4n) is 2.00. The Bertz CT molecular complexity index is 656. The molecule has 0 atom stereocenters. The molecular weight excluding hydrogens is 296 g/mol. The summed E-state index contributed by atoms with van der Waals surface area (Å²) in [5.41, 5.74) is 2.42. The largest absolute Gasteiger partial charge is 0.493 e. The van der Waals surface area contributed by atoms with Crippen LogP contribution >= 0.6 is 0 Å². The lowest BCUT2D eigenvalue weighted by Crippen LogP contribution is -2.13. The quantitative estimate of drug-likeness (QED) is 0.842. The lowest BCUT2D eigenvalue weighted by molar-refractivity contribution is 0.168. The van der Waals surface area contributed by atoms with Gasteiger partial charge in [-0.05, 0) is 43.3 Å². The molecule has 0 saturated heterocycles. The molecule has 2 aromatic rings. The number of anilines is 3. The van der Waals surface area contributed by atoms with Gasteiger partial charge in [-0.1, -0.05) is 0 Å². The van der Waals surface area contributed by atoms with Crippen molar-refractivity contribution in [2.75, 3.05) is 31.5 Å². The molecule has 0 aromatic heterocycles. The van der Waals surface area contributed by atoms with Crippen LogP contribution in [0, 0.1) is 0 Å². The van der Waals surface area contributed by atoms with Crippen LogP contribution in [-0.2, 0) is 4.74 Å². The zero-order valence-corrected chi connectivity index (χ0v) is 13.4. The SMILES string of the molecule is CCOC(=O)Nc1ccc(Nc2ccc(OC)c(OC)c2)cc1. The molecule has 1 amide bonds. The smallest absolute Gasteiger partial charge is 0.411 e. The molecule has 0 aliphatic rings. The van der Waals surface area contributed by atoms with E-state index in [1.165, 1.54) is 0 Å². The van der Waals surface area contributed by atoms with Gasteiger partial charge in [-0.2, -0.15) is 0 Å². The van der Waals surface area contributed by atoms with Crippen molar-refractivity contribution in [1.82, 2.24) is 0 Å². The molecule has 0 unspecified atom stereocenters. The number of benzene rings is 2. The van der Waals surface area contributed by atoms with Crippen LogP contribution in [-0.4, -0.2) is 26.9 Å². The number of rotatable bonds is 6. The van der Waals surface area contributed by atoms with E-state index in [0.29, 0.717) is 23.8 Å². The molecule has 6 heteroatoms. The van der Waals surface area contributed by atoms with Crippen LogP contribution < -0.4 is 20.1 Å². The van der Waals surface area contributed by atoms with Crippen LogP contribution in [0.5, 0.6) is 11.5 Å². The van der Waals surface area contributed by atoms with Crippen LogP contribution in [0.2, 0.25) is 0 Å². The summed E-state index contributed by atoms with van der Waals surface area (Å²) in [6, 6.07) is 12.9. The van der Waals surface area contributed by atoms with E-state index in [0.717, 1.165) is 11.4 Å². The number of ether oxygens (including phenoxy) is 3. The molecular formula is C17H20N2O4. The van der Waals surface area contributed by atoms with Gasteiger partial charge < -0.3 is 19.5 Å². The summed E-state index contributed by atoms with van der Waals surface area (Å²) in [5, 5.41) is 5.90. The first-order valence-corrected chi connectivity index (χ1v) is 7.19. The van der Waals surface area contributed by atoms with Crippen LogP contribution in [0.15, 0.2) is 42.5 Å². The minimum Gasteiger partial charge on any atom is -0.493 e. The molecule has 0 aliphatic carbocycles. The van der Waals surface area contributed by atoms with E-state index in [4.69, 9.17) is 14.2 Å². The standard InChI is InChI=1S/C17H20N2O4/c1-4-23-17(20)19-13-7-5-12(6-8-13)18-14-9-10-15(21-2)16(11-14)22-3/h5-11,18H,4H2,1-3H3,(H,19,20). The Balaban J connectivity index is 2.04. The summed E-state index contributed by atoms with van der Waals surface area (Å²) >= 11 is 0. The Hall–Kier alpha value is -2.89. The number of amides is 1. The van der Waals surface area contributed by atoms with Gasteiger partial charge in [0.15, 0.2) is 11.5 Å². The van der Waals surface area contributed by atoms with Gasteiger partial charge in [-0.25, -0.2) is 4.79 Å². The Morgan fingerprint density at radius 2 is 1.52 bits per heavy atom. The minimum atomic E-state index is -0.465. The lowest BCUT2D eigenvalue weighted by Gasteiger charge is -2.12. The number of methoxy groups -OCH3 is 2. The number of hydrogen-bond donors (Lipinski definition) is 2. The first-order valence-electron chi connectivity index (χ1n) is 7.19. The van der Waals surface area contributed by atoms with Gasteiger partial charge in [0.1, 0.15) is 0 Å². The molecule has 0 spiro atoms. The minimum absolute atomic E-state index is 0.338. The maximum atomic E-state index is 11.3. The molecule has 122 valence electrons. The molecule has 0 aliphatic heterocycles. The molecule has 0 heterocycles. The summed E-state index contributed by atoms with van der Waals surface area (Å²) in [6.07, 6.45) is -0.465. The molecule has 0 bridgehead atoms. The van der Waals surface area contributed by atoms with E-state index in [1.807, 2.05) is 30.3 Å². The number of hydrogen-bond acceptors (Lipinski definition) is 5. The second kappa shape index (κ2) is 7.93. The average molecular weight is 316 g/mol. The molecule has 0 radical (unpaired) electrons. The fraction of sp³-hybridized carbons (Fsp3) is 0.235. The summed E-state index contributed by atoms with van der Waals surface area (Å²) in [6.45, 7) is 2.10. The number of carbonyl (C=O) groups is 1. The monoisotopic (exact) mass is 316 g/mol. The maximum Gasteiger partial charge on any atom is 0.411 e. The van der Waals surface area contributed by atoms with Gasteiger partial charge in [-0.15, -0.1) is 0 Å². The maximum absolute atomic E-state index is 11.3. The summed E-state index contributed by atoms with van der Waals surface area (Å²) in [7, 11) is 3.19. The van der Waals surface area contributed by atoms with Gasteiger partial charge in [0, 0.05) is 23.1 Å². The first kappa shape index (κ1) is 16.5. The molecule has 2 rings (SSSR count). The summed E-state index contributed by atoms with van der Waals surface area (Å²) in [5.74, 6) is 1.32. The lowest BCUT2D eigenvalue weighted by atomic mass is 10.2. The van der Waals surface area contributed by atoms with Gasteiger partial charge >= 0.3 is 6.09 Å². The zero-order chi connectivity index (χ0) is 16.7. The van der Waals surface area contributed by atoms with E-state index in [1.54, 1.807) is 33.3 Å². The fourth-order valence-corrected chi connectivity index (χ4v) is 2.00.